The van der Waals surface area contributed by atoms with Gasteiger partial charge in [-0.1, -0.05) is 0 Å². The van der Waals surface area contributed by atoms with Gasteiger partial charge in [0.05, 0.1) is 0 Å². The van der Waals surface area contributed by atoms with Crippen molar-refractivity contribution >= 4 is 27.9 Å². The van der Waals surface area contributed by atoms with Crippen LogP contribution < -0.4 is 0 Å². The first kappa shape index (κ1) is 6.69. The van der Waals surface area contributed by atoms with Gasteiger partial charge in [-0.05, 0) is 11.8 Å². The molecule has 0 radical (unpaired) electrons. The molecule has 0 saturated carbocycles. The first-order valence-corrected chi connectivity index (χ1v) is 2.48. The summed E-state index contributed by atoms with van der Waals surface area (Å²) in [6.07, 6.45) is 0. The molecule has 0 aromatic rings. The van der Waals surface area contributed by atoms with Crippen LogP contribution in [0.25, 0.3) is 0 Å². The fraction of sp³-hybridized carbons (Fsp3) is 1.00. The highest BCUT2D eigenvalue weighted by Crippen LogP contribution is 1.98. The van der Waals surface area contributed by atoms with Crippen molar-refractivity contribution in [3.63, 3.8) is 0 Å². The molecule has 0 aromatic heterocycles. The summed E-state index contributed by atoms with van der Waals surface area (Å²) >= 11 is 8.39. The molecule has 0 fully saturated rings. The van der Waals surface area contributed by atoms with E-state index in [0.29, 0.717) is 0 Å². The second-order valence-corrected chi connectivity index (χ2v) is 2.40. The summed E-state index contributed by atoms with van der Waals surface area (Å²) in [5, 5.41) is 0. The van der Waals surface area contributed by atoms with E-state index in [4.69, 9.17) is 11.8 Å². The van der Waals surface area contributed by atoms with E-state index >= 15 is 0 Å². The van der Waals surface area contributed by atoms with Crippen LogP contribution >= 0.6 is 27.9 Å². The molecule has 0 saturated heterocycles. The topological polar surface area (TPSA) is 6.48 Å². The summed E-state index contributed by atoms with van der Waals surface area (Å²) in [5.41, 5.74) is 0. The van der Waals surface area contributed by atoms with Crippen molar-refractivity contribution < 1.29 is 0 Å². The number of hydrogen-bond acceptors (Lipinski definition) is 2. The normalized spacial score (nSPS) is 11.0. The summed E-state index contributed by atoms with van der Waals surface area (Å²) in [6, 6.07) is 0. The molecule has 0 rings (SSSR count). The van der Waals surface area contributed by atoms with Gasteiger partial charge in [0.2, 0.25) is 0 Å². The standard InChI is InChI=1S/C2H6BrClN2/c1-5(3)6(2)4/h1-2H3. The van der Waals surface area contributed by atoms with Crippen LogP contribution in [0.3, 0.4) is 0 Å². The lowest BCUT2D eigenvalue weighted by molar-refractivity contribution is 0.286. The van der Waals surface area contributed by atoms with Gasteiger partial charge in [-0.25, -0.2) is 0 Å². The van der Waals surface area contributed by atoms with Crippen LogP contribution in [-0.2, 0) is 0 Å². The van der Waals surface area contributed by atoms with Crippen molar-refractivity contribution in [1.82, 2.24) is 8.56 Å². The maximum absolute atomic E-state index is 5.33. The first-order valence-electron chi connectivity index (χ1n) is 1.43. The summed E-state index contributed by atoms with van der Waals surface area (Å²) in [7, 11) is 3.50. The van der Waals surface area contributed by atoms with E-state index in [1.807, 2.05) is 0 Å². The van der Waals surface area contributed by atoms with Crippen molar-refractivity contribution in [1.29, 1.82) is 0 Å². The van der Waals surface area contributed by atoms with Gasteiger partial charge in [-0.2, -0.15) is 4.03 Å². The van der Waals surface area contributed by atoms with Gasteiger partial charge in [0.1, 0.15) is 0 Å². The van der Waals surface area contributed by atoms with E-state index in [2.05, 4.69) is 16.1 Å². The van der Waals surface area contributed by atoms with E-state index in [9.17, 15) is 0 Å². The minimum Gasteiger partial charge on any atom is -0.166 e. The van der Waals surface area contributed by atoms with Gasteiger partial charge in [-0.3, -0.25) is 0 Å². The van der Waals surface area contributed by atoms with Crippen molar-refractivity contribution in [2.45, 2.75) is 0 Å². The highest BCUT2D eigenvalue weighted by Gasteiger charge is 1.91. The lowest BCUT2D eigenvalue weighted by atomic mass is 11.4. The smallest absolute Gasteiger partial charge is 0.0296 e. The minimum absolute atomic E-state index is 1.39. The molecule has 0 aliphatic rings. The summed E-state index contributed by atoms with van der Waals surface area (Å²) in [6.45, 7) is 0. The van der Waals surface area contributed by atoms with E-state index in [1.54, 1.807) is 18.1 Å². The largest absolute Gasteiger partial charge is 0.166 e. The molecule has 38 valence electrons. The molecular weight excluding hydrogens is 167 g/mol. The van der Waals surface area contributed by atoms with Gasteiger partial charge in [0.25, 0.3) is 0 Å². The van der Waals surface area contributed by atoms with Crippen LogP contribution in [0, 0.1) is 0 Å². The Kier molecular flexibility index (Phi) is 3.12. The van der Waals surface area contributed by atoms with Gasteiger partial charge in [-0.15, -0.1) is 4.53 Å². The molecular formula is C2H6BrClN2. The van der Waals surface area contributed by atoms with Crippen LogP contribution in [0.5, 0.6) is 0 Å². The molecule has 6 heavy (non-hydrogen) atoms. The molecule has 0 aliphatic heterocycles. The van der Waals surface area contributed by atoms with E-state index < -0.39 is 0 Å². The third-order valence-corrected chi connectivity index (χ3v) is 1.26. The number of rotatable bonds is 1. The van der Waals surface area contributed by atoms with Gasteiger partial charge in [0, 0.05) is 30.2 Å². The lowest BCUT2D eigenvalue weighted by Gasteiger charge is -2.10. The molecule has 0 bridgehead atoms. The average molecular weight is 173 g/mol. The maximum Gasteiger partial charge on any atom is 0.0296 e. The quantitative estimate of drug-likeness (QED) is 0.435. The van der Waals surface area contributed by atoms with Gasteiger partial charge >= 0.3 is 0 Å². The molecule has 0 N–H and O–H groups in total. The third-order valence-electron chi connectivity index (χ3n) is 0.380. The zero-order valence-electron chi connectivity index (χ0n) is 3.65. The number of nitrogens with zero attached hydrogens (tertiary/aromatic N) is 2. The zero-order valence-corrected chi connectivity index (χ0v) is 5.99. The van der Waals surface area contributed by atoms with Gasteiger partial charge < -0.3 is 0 Å². The number of hydrogen-bond donors (Lipinski definition) is 0. The van der Waals surface area contributed by atoms with E-state index in [-0.39, 0.29) is 0 Å². The summed E-state index contributed by atoms with van der Waals surface area (Å²) < 4.78 is 2.97. The summed E-state index contributed by atoms with van der Waals surface area (Å²) in [4.78, 5) is 0. The molecule has 2 nitrogen and oxygen atoms in total. The van der Waals surface area contributed by atoms with E-state index in [1.165, 1.54) is 4.53 Å². The monoisotopic (exact) mass is 172 g/mol. The minimum atomic E-state index is 1.39. The third kappa shape index (κ3) is 2.90. The molecule has 0 aliphatic carbocycles. The molecule has 0 spiro atoms. The van der Waals surface area contributed by atoms with Crippen LogP contribution in [0.2, 0.25) is 0 Å². The zero-order chi connectivity index (χ0) is 5.15. The highest BCUT2D eigenvalue weighted by atomic mass is 79.9. The first-order chi connectivity index (χ1) is 2.64. The molecule has 0 unspecified atom stereocenters. The van der Waals surface area contributed by atoms with Crippen molar-refractivity contribution in [3.05, 3.63) is 0 Å². The lowest BCUT2D eigenvalue weighted by Crippen LogP contribution is -2.17. The van der Waals surface area contributed by atoms with E-state index in [0.717, 1.165) is 0 Å². The Balaban J connectivity index is 2.99. The van der Waals surface area contributed by atoms with Gasteiger partial charge in [0.15, 0.2) is 0 Å². The fourth-order valence-corrected chi connectivity index (χ4v) is 0. The maximum atomic E-state index is 5.33. The number of halogens is 2. The second kappa shape index (κ2) is 2.80. The van der Waals surface area contributed by atoms with Crippen LogP contribution in [0.15, 0.2) is 0 Å². The Morgan fingerprint density at radius 3 is 1.67 bits per heavy atom. The fourth-order valence-electron chi connectivity index (χ4n) is 0. The molecule has 0 heterocycles. The van der Waals surface area contributed by atoms with Crippen LogP contribution in [-0.4, -0.2) is 22.7 Å². The highest BCUT2D eigenvalue weighted by molar-refractivity contribution is 9.07. The van der Waals surface area contributed by atoms with Crippen molar-refractivity contribution in [2.75, 3.05) is 14.1 Å². The molecule has 4 heteroatoms. The van der Waals surface area contributed by atoms with Crippen LogP contribution in [0.1, 0.15) is 0 Å². The Hall–Kier alpha value is 0.690. The number of hydrazine groups is 1. The van der Waals surface area contributed by atoms with Crippen molar-refractivity contribution in [2.24, 2.45) is 0 Å². The Morgan fingerprint density at radius 1 is 1.50 bits per heavy atom. The predicted molar refractivity (Wildman–Crippen MR) is 30.3 cm³/mol. The molecule has 0 aromatic carbocycles. The van der Waals surface area contributed by atoms with Crippen molar-refractivity contribution in [3.8, 4) is 0 Å². The SMILES string of the molecule is CN(Cl)N(C)Br. The molecule has 0 amide bonds. The Bertz CT molecular complexity index is 32.5. The summed E-state index contributed by atoms with van der Waals surface area (Å²) in [5.74, 6) is 0. The Morgan fingerprint density at radius 2 is 1.67 bits per heavy atom. The average Bonchev–Trinajstić information content (AvgIpc) is 1.36. The molecule has 0 atom stereocenters. The van der Waals surface area contributed by atoms with Crippen LogP contribution in [0.4, 0.5) is 0 Å². The predicted octanol–water partition coefficient (Wildman–Crippen LogP) is 1.23. The Labute approximate surface area is 51.1 Å². The second-order valence-electron chi connectivity index (χ2n) is 0.889.